The zero-order valence-corrected chi connectivity index (χ0v) is 23.6. The van der Waals surface area contributed by atoms with Gasteiger partial charge in [0, 0.05) is 18.7 Å². The highest BCUT2D eigenvalue weighted by atomic mass is 28.3. The third kappa shape index (κ3) is 9.54. The largest absolute Gasteiger partial charge is 0.497 e. The number of benzene rings is 2. The van der Waals surface area contributed by atoms with E-state index in [1.54, 1.807) is 25.1 Å². The van der Waals surface area contributed by atoms with E-state index in [2.05, 4.69) is 20.9 Å². The Balaban J connectivity index is 1.99. The molecule has 0 spiro atoms. The molecule has 0 fully saturated rings. The molecule has 4 N–H and O–H groups in total. The molecule has 0 heterocycles. The van der Waals surface area contributed by atoms with Crippen molar-refractivity contribution in [2.75, 3.05) is 14.2 Å². The lowest BCUT2D eigenvalue weighted by atomic mass is 10.1. The summed E-state index contributed by atoms with van der Waals surface area (Å²) in [4.78, 5) is 53.9. The second kappa shape index (κ2) is 15.4. The van der Waals surface area contributed by atoms with E-state index in [4.69, 9.17) is 9.47 Å². The lowest BCUT2D eigenvalue weighted by Gasteiger charge is -2.21. The standard InChI is InChI=1S/C27H37N4O6Si/c1-6-22(24(32)25(33)28-16-20-14-21(36-4)12-13-23(20)37-5)30-27(35)38(17-18(2)3)31-26(34)29-15-19-10-8-7-9-11-19/h7-14,18,22H,6,15-17H2,1-5H3,(H,28,33)(H,30,35)(H2,29,31,34). The van der Waals surface area contributed by atoms with Crippen LogP contribution < -0.4 is 30.4 Å². The first kappa shape index (κ1) is 30.4. The molecule has 2 aromatic rings. The summed E-state index contributed by atoms with van der Waals surface area (Å²) in [7, 11) is 0.949. The Labute approximate surface area is 225 Å². The summed E-state index contributed by atoms with van der Waals surface area (Å²) in [5.41, 5.74) is 1.14. The second-order valence-corrected chi connectivity index (χ2v) is 11.1. The smallest absolute Gasteiger partial charge is 0.307 e. The van der Waals surface area contributed by atoms with Crippen LogP contribution in [0.4, 0.5) is 9.59 Å². The Morgan fingerprint density at radius 2 is 1.63 bits per heavy atom. The molecule has 0 aliphatic carbocycles. The summed E-state index contributed by atoms with van der Waals surface area (Å²) in [6.07, 6.45) is 0.220. The van der Waals surface area contributed by atoms with Crippen LogP contribution in [0.5, 0.6) is 11.5 Å². The predicted molar refractivity (Wildman–Crippen MR) is 146 cm³/mol. The van der Waals surface area contributed by atoms with E-state index in [0.717, 1.165) is 5.56 Å². The minimum atomic E-state index is -2.09. The van der Waals surface area contributed by atoms with Crippen LogP contribution in [0.3, 0.4) is 0 Å². The molecule has 0 saturated carbocycles. The molecule has 0 aliphatic heterocycles. The van der Waals surface area contributed by atoms with Gasteiger partial charge in [0.25, 0.3) is 14.9 Å². The fourth-order valence-corrected chi connectivity index (χ4v) is 5.54. The van der Waals surface area contributed by atoms with Crippen molar-refractivity contribution in [1.82, 2.24) is 20.9 Å². The van der Waals surface area contributed by atoms with E-state index >= 15 is 0 Å². The Bertz CT molecular complexity index is 1100. The Morgan fingerprint density at radius 3 is 2.24 bits per heavy atom. The highest BCUT2D eigenvalue weighted by Crippen LogP contribution is 2.23. The number of carbonyl (C=O) groups is 4. The van der Waals surface area contributed by atoms with Gasteiger partial charge in [0.05, 0.1) is 20.3 Å². The molecule has 4 amide bonds. The molecule has 205 valence electrons. The first-order valence-electron chi connectivity index (χ1n) is 12.5. The van der Waals surface area contributed by atoms with Gasteiger partial charge in [0.2, 0.25) is 11.3 Å². The third-order valence-electron chi connectivity index (χ3n) is 5.63. The number of amides is 4. The number of hydrogen-bond acceptors (Lipinski definition) is 6. The molecular formula is C27H37N4O6Si. The number of Topliss-reactive ketones (excluding diaryl/α,β-unsaturated/α-hetero) is 1. The van der Waals surface area contributed by atoms with Gasteiger partial charge >= 0.3 is 6.03 Å². The molecule has 0 aliphatic rings. The monoisotopic (exact) mass is 541 g/mol. The summed E-state index contributed by atoms with van der Waals surface area (Å²) in [5, 5.41) is 8.03. The van der Waals surface area contributed by atoms with Gasteiger partial charge in [-0.2, -0.15) is 0 Å². The fourth-order valence-electron chi connectivity index (χ4n) is 3.61. The van der Waals surface area contributed by atoms with Crippen molar-refractivity contribution in [3.63, 3.8) is 0 Å². The molecule has 2 rings (SSSR count). The lowest BCUT2D eigenvalue weighted by molar-refractivity contribution is -0.139. The third-order valence-corrected chi connectivity index (χ3v) is 8.07. The van der Waals surface area contributed by atoms with E-state index in [0.29, 0.717) is 29.7 Å². The van der Waals surface area contributed by atoms with Gasteiger partial charge in [0.15, 0.2) is 0 Å². The van der Waals surface area contributed by atoms with Gasteiger partial charge < -0.3 is 30.4 Å². The molecule has 0 bridgehead atoms. The van der Waals surface area contributed by atoms with Crippen LogP contribution in [0, 0.1) is 5.92 Å². The molecule has 38 heavy (non-hydrogen) atoms. The van der Waals surface area contributed by atoms with Crippen LogP contribution in [0.15, 0.2) is 48.5 Å². The summed E-state index contributed by atoms with van der Waals surface area (Å²) < 4.78 is 10.5. The molecule has 1 unspecified atom stereocenters. The van der Waals surface area contributed by atoms with E-state index in [1.807, 2.05) is 44.2 Å². The fraction of sp³-hybridized carbons (Fsp3) is 0.407. The Kier molecular flexibility index (Phi) is 12.3. The number of ketones is 1. The van der Waals surface area contributed by atoms with E-state index < -0.39 is 38.3 Å². The summed E-state index contributed by atoms with van der Waals surface area (Å²) in [5.74, 6) is -0.326. The second-order valence-electron chi connectivity index (χ2n) is 9.03. The van der Waals surface area contributed by atoms with Gasteiger partial charge in [-0.1, -0.05) is 51.1 Å². The van der Waals surface area contributed by atoms with Gasteiger partial charge in [-0.05, 0) is 42.1 Å². The number of rotatable bonds is 14. The molecule has 0 aromatic heterocycles. The van der Waals surface area contributed by atoms with Crippen molar-refractivity contribution in [3.05, 3.63) is 59.7 Å². The highest BCUT2D eigenvalue weighted by molar-refractivity contribution is 6.89. The molecular weight excluding hydrogens is 504 g/mol. The number of hydrogen-bond donors (Lipinski definition) is 4. The van der Waals surface area contributed by atoms with E-state index in [9.17, 15) is 19.2 Å². The number of methoxy groups -OCH3 is 2. The van der Waals surface area contributed by atoms with Crippen molar-refractivity contribution in [1.29, 1.82) is 0 Å². The van der Waals surface area contributed by atoms with Crippen molar-refractivity contribution in [2.45, 2.75) is 52.4 Å². The first-order chi connectivity index (χ1) is 18.2. The van der Waals surface area contributed by atoms with Crippen LogP contribution in [0.1, 0.15) is 38.3 Å². The number of nitrogens with one attached hydrogen (secondary N) is 4. The van der Waals surface area contributed by atoms with Crippen LogP contribution in [0.2, 0.25) is 6.04 Å². The minimum Gasteiger partial charge on any atom is -0.497 e. The maximum atomic E-state index is 13.1. The van der Waals surface area contributed by atoms with Crippen molar-refractivity contribution in [3.8, 4) is 11.5 Å². The van der Waals surface area contributed by atoms with Crippen LogP contribution >= 0.6 is 0 Å². The average molecular weight is 542 g/mol. The maximum absolute atomic E-state index is 13.1. The summed E-state index contributed by atoms with van der Waals surface area (Å²) >= 11 is 0. The molecule has 2 aromatic carbocycles. The average Bonchev–Trinajstić information content (AvgIpc) is 2.92. The minimum absolute atomic E-state index is 0.0425. The van der Waals surface area contributed by atoms with Gasteiger partial charge in [-0.3, -0.25) is 14.4 Å². The van der Waals surface area contributed by atoms with Crippen LogP contribution in [-0.4, -0.2) is 52.5 Å². The Hall–Kier alpha value is -3.86. The normalized spacial score (nSPS) is 11.4. The van der Waals surface area contributed by atoms with Crippen molar-refractivity contribution >= 4 is 32.2 Å². The predicted octanol–water partition coefficient (Wildman–Crippen LogP) is 3.11. The molecule has 10 nitrogen and oxygen atoms in total. The topological polar surface area (TPSA) is 135 Å². The number of carbonyl (C=O) groups excluding carboxylic acids is 4. The molecule has 1 radical (unpaired) electrons. The van der Waals surface area contributed by atoms with E-state index in [1.165, 1.54) is 14.2 Å². The molecule has 1 atom stereocenters. The SMILES string of the molecule is CCC(NC(=O)[Si](CC(C)C)NC(=O)NCc1ccccc1)C(=O)C(=O)NCc1cc(OC)ccc1OC. The van der Waals surface area contributed by atoms with Crippen LogP contribution in [-0.2, 0) is 22.7 Å². The number of ether oxygens (including phenoxy) is 2. The van der Waals surface area contributed by atoms with Gasteiger partial charge in [0.1, 0.15) is 11.5 Å². The summed E-state index contributed by atoms with van der Waals surface area (Å²) in [6, 6.07) is 13.5. The first-order valence-corrected chi connectivity index (χ1v) is 14.2. The lowest BCUT2D eigenvalue weighted by Crippen LogP contribution is -2.57. The van der Waals surface area contributed by atoms with Gasteiger partial charge in [-0.25, -0.2) is 4.79 Å². The number of urea groups is 1. The zero-order valence-electron chi connectivity index (χ0n) is 22.6. The maximum Gasteiger partial charge on any atom is 0.307 e. The van der Waals surface area contributed by atoms with Crippen molar-refractivity contribution in [2.24, 2.45) is 5.92 Å². The molecule has 11 heteroatoms. The van der Waals surface area contributed by atoms with Gasteiger partial charge in [-0.15, -0.1) is 0 Å². The molecule has 0 saturated heterocycles. The Morgan fingerprint density at radius 1 is 0.921 bits per heavy atom. The zero-order chi connectivity index (χ0) is 28.1. The van der Waals surface area contributed by atoms with Crippen molar-refractivity contribution < 1.29 is 28.7 Å². The van der Waals surface area contributed by atoms with E-state index in [-0.39, 0.29) is 18.9 Å². The summed E-state index contributed by atoms with van der Waals surface area (Å²) in [6.45, 7) is 5.96. The quantitative estimate of drug-likeness (QED) is 0.214. The van der Waals surface area contributed by atoms with Crippen LogP contribution in [0.25, 0.3) is 0 Å². The highest BCUT2D eigenvalue weighted by Gasteiger charge is 2.31.